The van der Waals surface area contributed by atoms with Gasteiger partial charge in [0.15, 0.2) is 0 Å². The van der Waals surface area contributed by atoms with Crippen molar-refractivity contribution < 1.29 is 10.2 Å². The van der Waals surface area contributed by atoms with Gasteiger partial charge in [-0.25, -0.2) is 0 Å². The van der Waals surface area contributed by atoms with E-state index in [1.807, 2.05) is 0 Å². The van der Waals surface area contributed by atoms with Crippen LogP contribution in [-0.2, 0) is 0 Å². The molecule has 0 aliphatic carbocycles. The van der Waals surface area contributed by atoms with Crippen molar-refractivity contribution in [1.82, 2.24) is 9.80 Å². The molecule has 3 atom stereocenters. The van der Waals surface area contributed by atoms with Gasteiger partial charge in [-0.2, -0.15) is 0 Å². The van der Waals surface area contributed by atoms with E-state index in [-0.39, 0.29) is 18.8 Å². The van der Waals surface area contributed by atoms with Crippen LogP contribution >= 0.6 is 0 Å². The number of likely N-dealkylation sites (tertiary alicyclic amines) is 2. The first-order valence-corrected chi connectivity index (χ1v) is 7.61. The molecule has 4 N–H and O–H groups in total. The van der Waals surface area contributed by atoms with Gasteiger partial charge < -0.3 is 20.8 Å². The molecule has 2 aliphatic rings. The molecular weight excluding hydrogens is 242 g/mol. The lowest BCUT2D eigenvalue weighted by molar-refractivity contribution is -0.00566. The Balaban J connectivity index is 1.82. The maximum atomic E-state index is 9.79. The fourth-order valence-corrected chi connectivity index (χ4v) is 3.22. The normalized spacial score (nSPS) is 33.5. The van der Waals surface area contributed by atoms with Crippen molar-refractivity contribution in [3.63, 3.8) is 0 Å². The molecular formula is C14H29N3O2. The van der Waals surface area contributed by atoms with Crippen molar-refractivity contribution in [1.29, 1.82) is 0 Å². The number of hydrogen-bond donors (Lipinski definition) is 3. The summed E-state index contributed by atoms with van der Waals surface area (Å²) < 4.78 is 0. The second-order valence-corrected chi connectivity index (χ2v) is 6.30. The quantitative estimate of drug-likeness (QED) is 0.641. The molecule has 0 radical (unpaired) electrons. The van der Waals surface area contributed by atoms with E-state index >= 15 is 0 Å². The van der Waals surface area contributed by atoms with E-state index in [0.29, 0.717) is 12.0 Å². The summed E-state index contributed by atoms with van der Waals surface area (Å²) in [6.07, 6.45) is 2.77. The maximum Gasteiger partial charge on any atom is 0.0599 e. The summed E-state index contributed by atoms with van der Waals surface area (Å²) in [6, 6.07) is 0.554. The Kier molecular flexibility index (Phi) is 5.59. The standard InChI is InChI=1S/C14H29N3O2/c1-11-8-17(7-4-14(11)19)13(10-18)9-16-5-2-12(15)3-6-16/h11-14,18-19H,2-10,15H2,1H3/t11-,13+,14-/m0/s1. The molecule has 2 aliphatic heterocycles. The average Bonchev–Trinajstić information content (AvgIpc) is 2.41. The number of nitrogens with zero attached hydrogens (tertiary/aromatic N) is 2. The van der Waals surface area contributed by atoms with E-state index in [0.717, 1.165) is 52.0 Å². The van der Waals surface area contributed by atoms with Crippen LogP contribution in [0.1, 0.15) is 26.2 Å². The highest BCUT2D eigenvalue weighted by molar-refractivity contribution is 4.85. The van der Waals surface area contributed by atoms with Crippen LogP contribution in [-0.4, -0.2) is 77.5 Å². The summed E-state index contributed by atoms with van der Waals surface area (Å²) in [5.74, 6) is 0.303. The summed E-state index contributed by atoms with van der Waals surface area (Å²) in [5.41, 5.74) is 5.92. The van der Waals surface area contributed by atoms with Crippen LogP contribution in [0.4, 0.5) is 0 Å². The molecule has 0 aromatic heterocycles. The molecule has 0 aromatic carbocycles. The lowest BCUT2D eigenvalue weighted by Crippen LogP contribution is -2.53. The number of rotatable bonds is 4. The molecule has 0 saturated carbocycles. The Morgan fingerprint density at radius 3 is 2.47 bits per heavy atom. The van der Waals surface area contributed by atoms with Crippen molar-refractivity contribution in [2.45, 2.75) is 44.4 Å². The minimum atomic E-state index is -0.177. The topological polar surface area (TPSA) is 73.0 Å². The fourth-order valence-electron chi connectivity index (χ4n) is 3.22. The Morgan fingerprint density at radius 1 is 1.21 bits per heavy atom. The zero-order valence-electron chi connectivity index (χ0n) is 12.0. The number of aliphatic hydroxyl groups excluding tert-OH is 2. The van der Waals surface area contributed by atoms with Gasteiger partial charge in [-0.1, -0.05) is 6.92 Å². The van der Waals surface area contributed by atoms with Gasteiger partial charge in [0, 0.05) is 31.7 Å². The van der Waals surface area contributed by atoms with Crippen molar-refractivity contribution in [2.24, 2.45) is 11.7 Å². The first-order chi connectivity index (χ1) is 9.10. The highest BCUT2D eigenvalue weighted by Crippen LogP contribution is 2.19. The number of aliphatic hydroxyl groups is 2. The highest BCUT2D eigenvalue weighted by Gasteiger charge is 2.30. The van der Waals surface area contributed by atoms with E-state index in [1.165, 1.54) is 0 Å². The smallest absolute Gasteiger partial charge is 0.0599 e. The van der Waals surface area contributed by atoms with Gasteiger partial charge in [0.2, 0.25) is 0 Å². The van der Waals surface area contributed by atoms with Crippen LogP contribution in [0.3, 0.4) is 0 Å². The zero-order chi connectivity index (χ0) is 13.8. The molecule has 2 fully saturated rings. The Hall–Kier alpha value is -0.200. The molecule has 5 heteroatoms. The molecule has 2 rings (SSSR count). The van der Waals surface area contributed by atoms with Crippen LogP contribution in [0, 0.1) is 5.92 Å². The number of piperidine rings is 2. The lowest BCUT2D eigenvalue weighted by Gasteiger charge is -2.41. The Morgan fingerprint density at radius 2 is 1.89 bits per heavy atom. The van der Waals surface area contributed by atoms with E-state index in [2.05, 4.69) is 16.7 Å². The first kappa shape index (κ1) is 15.2. The van der Waals surface area contributed by atoms with Crippen LogP contribution in [0.5, 0.6) is 0 Å². The van der Waals surface area contributed by atoms with Crippen LogP contribution in [0.15, 0.2) is 0 Å². The molecule has 5 nitrogen and oxygen atoms in total. The van der Waals surface area contributed by atoms with E-state index in [9.17, 15) is 10.2 Å². The van der Waals surface area contributed by atoms with Crippen molar-refractivity contribution in [3.8, 4) is 0 Å². The van der Waals surface area contributed by atoms with Gasteiger partial charge in [-0.3, -0.25) is 4.90 Å². The molecule has 2 saturated heterocycles. The van der Waals surface area contributed by atoms with Gasteiger partial charge in [0.05, 0.1) is 12.7 Å². The van der Waals surface area contributed by atoms with E-state index < -0.39 is 0 Å². The Labute approximate surface area is 116 Å². The maximum absolute atomic E-state index is 9.79. The third-order valence-electron chi connectivity index (χ3n) is 4.72. The van der Waals surface area contributed by atoms with Crippen molar-refractivity contribution in [3.05, 3.63) is 0 Å². The van der Waals surface area contributed by atoms with Crippen molar-refractivity contribution >= 4 is 0 Å². The van der Waals surface area contributed by atoms with E-state index in [4.69, 9.17) is 5.73 Å². The molecule has 0 unspecified atom stereocenters. The third-order valence-corrected chi connectivity index (χ3v) is 4.72. The predicted octanol–water partition coefficient (Wildman–Crippen LogP) is -0.527. The lowest BCUT2D eigenvalue weighted by atomic mass is 9.95. The molecule has 0 bridgehead atoms. The largest absolute Gasteiger partial charge is 0.395 e. The zero-order valence-corrected chi connectivity index (χ0v) is 12.0. The molecule has 19 heavy (non-hydrogen) atoms. The molecule has 0 amide bonds. The molecule has 0 aromatic rings. The minimum Gasteiger partial charge on any atom is -0.395 e. The summed E-state index contributed by atoms with van der Waals surface area (Å²) in [6.45, 7) is 7.08. The third kappa shape index (κ3) is 4.13. The van der Waals surface area contributed by atoms with Gasteiger partial charge in [-0.15, -0.1) is 0 Å². The molecule has 2 heterocycles. The van der Waals surface area contributed by atoms with E-state index in [1.54, 1.807) is 0 Å². The molecule has 112 valence electrons. The van der Waals surface area contributed by atoms with Gasteiger partial charge in [-0.05, 0) is 38.3 Å². The number of nitrogens with two attached hydrogens (primary N) is 1. The second kappa shape index (κ2) is 6.99. The first-order valence-electron chi connectivity index (χ1n) is 7.61. The fraction of sp³-hybridized carbons (Fsp3) is 1.00. The van der Waals surface area contributed by atoms with Crippen LogP contribution in [0.25, 0.3) is 0 Å². The SMILES string of the molecule is C[C@H]1CN([C@@H](CO)CN2CCC(N)CC2)CC[C@@H]1O. The Bertz CT molecular complexity index is 269. The summed E-state index contributed by atoms with van der Waals surface area (Å²) in [5, 5.41) is 19.4. The van der Waals surface area contributed by atoms with Gasteiger partial charge in [0.25, 0.3) is 0 Å². The second-order valence-electron chi connectivity index (χ2n) is 6.30. The van der Waals surface area contributed by atoms with Gasteiger partial charge >= 0.3 is 0 Å². The number of hydrogen-bond acceptors (Lipinski definition) is 5. The average molecular weight is 271 g/mol. The van der Waals surface area contributed by atoms with Crippen molar-refractivity contribution in [2.75, 3.05) is 39.3 Å². The van der Waals surface area contributed by atoms with Crippen LogP contribution < -0.4 is 5.73 Å². The highest BCUT2D eigenvalue weighted by atomic mass is 16.3. The van der Waals surface area contributed by atoms with Crippen LogP contribution in [0.2, 0.25) is 0 Å². The minimum absolute atomic E-state index is 0.177. The summed E-state index contributed by atoms with van der Waals surface area (Å²) in [7, 11) is 0. The summed E-state index contributed by atoms with van der Waals surface area (Å²) >= 11 is 0. The molecule has 0 spiro atoms. The predicted molar refractivity (Wildman–Crippen MR) is 75.9 cm³/mol. The van der Waals surface area contributed by atoms with Gasteiger partial charge in [0.1, 0.15) is 0 Å². The monoisotopic (exact) mass is 271 g/mol. The summed E-state index contributed by atoms with van der Waals surface area (Å²) in [4.78, 5) is 4.76.